The predicted molar refractivity (Wildman–Crippen MR) is 77.7 cm³/mol. The van der Waals surface area contributed by atoms with Gasteiger partial charge >= 0.3 is 29.6 Å². The summed E-state index contributed by atoms with van der Waals surface area (Å²) in [6.45, 7) is 0.993. The van der Waals surface area contributed by atoms with E-state index < -0.39 is 11.9 Å². The molecular weight excluding hydrogens is 332 g/mol. The Morgan fingerprint density at radius 3 is 2.87 bits per heavy atom. The fourth-order valence-corrected chi connectivity index (χ4v) is 3.62. The van der Waals surface area contributed by atoms with Crippen LogP contribution in [0, 0.1) is 11.7 Å². The molecule has 120 valence electrons. The van der Waals surface area contributed by atoms with Gasteiger partial charge in [-0.3, -0.25) is 0 Å². The Morgan fingerprint density at radius 2 is 2.17 bits per heavy atom. The third kappa shape index (κ3) is 4.27. The van der Waals surface area contributed by atoms with Gasteiger partial charge in [-0.25, -0.2) is 4.39 Å². The molecule has 4 nitrogen and oxygen atoms in total. The van der Waals surface area contributed by atoms with Crippen LogP contribution in [-0.4, -0.2) is 24.2 Å². The molecule has 23 heavy (non-hydrogen) atoms. The van der Waals surface area contributed by atoms with E-state index in [2.05, 4.69) is 5.32 Å². The van der Waals surface area contributed by atoms with Gasteiger partial charge in [0.25, 0.3) is 0 Å². The number of hydrogen-bond acceptors (Lipinski definition) is 4. The second kappa shape index (κ2) is 7.81. The third-order valence-corrected chi connectivity index (χ3v) is 4.97. The van der Waals surface area contributed by atoms with Crippen molar-refractivity contribution in [3.05, 3.63) is 34.6 Å². The first-order valence-electron chi connectivity index (χ1n) is 7.50. The van der Waals surface area contributed by atoms with Gasteiger partial charge in [-0.2, -0.15) is 0 Å². The molecule has 1 aliphatic heterocycles. The number of halogens is 2. The molecule has 1 N–H and O–H groups in total. The number of carboxylic acids is 1. The second-order valence-electron chi connectivity index (χ2n) is 6.24. The molecular formula is C16H18ClFNNaO3. The maximum absolute atomic E-state index is 13.9. The molecule has 1 saturated carbocycles. The summed E-state index contributed by atoms with van der Waals surface area (Å²) >= 11 is 5.77. The van der Waals surface area contributed by atoms with Crippen molar-refractivity contribution < 1.29 is 48.6 Å². The van der Waals surface area contributed by atoms with Crippen molar-refractivity contribution in [2.24, 2.45) is 5.92 Å². The van der Waals surface area contributed by atoms with Crippen molar-refractivity contribution in [3.63, 3.8) is 0 Å². The SMILES string of the molecule is O=C([O-])C1CC2(CC(NCc3cccc(Cl)c3F)CCO2)C1.[Na+]. The van der Waals surface area contributed by atoms with Crippen molar-refractivity contribution >= 4 is 17.6 Å². The smallest absolute Gasteiger partial charge is 0.550 e. The molecule has 1 spiro atoms. The second-order valence-corrected chi connectivity index (χ2v) is 6.65. The van der Waals surface area contributed by atoms with E-state index in [1.165, 1.54) is 6.07 Å². The van der Waals surface area contributed by atoms with Gasteiger partial charge in [-0.15, -0.1) is 0 Å². The standard InChI is InChI=1S/C16H19ClFNO3.Na/c17-13-3-1-2-10(14(13)18)9-19-12-4-5-22-16(8-12)6-11(7-16)15(20)21;/h1-3,11-12,19H,4-9H2,(H,20,21);/q;+1/p-1. The molecule has 7 heteroatoms. The van der Waals surface area contributed by atoms with Crippen molar-refractivity contribution in [1.29, 1.82) is 0 Å². The first-order chi connectivity index (χ1) is 10.5. The summed E-state index contributed by atoms with van der Waals surface area (Å²) < 4.78 is 19.6. The largest absolute Gasteiger partial charge is 1.00 e. The van der Waals surface area contributed by atoms with Crippen molar-refractivity contribution in [2.45, 2.75) is 43.9 Å². The Morgan fingerprint density at radius 1 is 1.43 bits per heavy atom. The molecule has 1 aliphatic carbocycles. The van der Waals surface area contributed by atoms with Crippen LogP contribution in [0.2, 0.25) is 5.02 Å². The first kappa shape index (κ1) is 19.2. The molecule has 1 aromatic carbocycles. The zero-order valence-corrected chi connectivity index (χ0v) is 15.9. The summed E-state index contributed by atoms with van der Waals surface area (Å²) in [6.07, 6.45) is 2.61. The van der Waals surface area contributed by atoms with Gasteiger partial charge in [0.15, 0.2) is 0 Å². The van der Waals surface area contributed by atoms with Crippen LogP contribution in [0.25, 0.3) is 0 Å². The van der Waals surface area contributed by atoms with Gasteiger partial charge < -0.3 is 20.0 Å². The molecule has 2 aliphatic rings. The number of aliphatic carboxylic acids is 1. The molecule has 3 rings (SSSR count). The minimum Gasteiger partial charge on any atom is -0.550 e. The Labute approximate surface area is 162 Å². The summed E-state index contributed by atoms with van der Waals surface area (Å²) in [4.78, 5) is 10.8. The van der Waals surface area contributed by atoms with E-state index in [-0.39, 0.29) is 52.0 Å². The number of hydrogen-bond donors (Lipinski definition) is 1. The maximum atomic E-state index is 13.9. The van der Waals surface area contributed by atoms with E-state index >= 15 is 0 Å². The fraction of sp³-hybridized carbons (Fsp3) is 0.562. The van der Waals surface area contributed by atoms with Gasteiger partial charge in [0.2, 0.25) is 0 Å². The van der Waals surface area contributed by atoms with E-state index in [4.69, 9.17) is 16.3 Å². The van der Waals surface area contributed by atoms with Crippen LogP contribution < -0.4 is 40.0 Å². The number of carbonyl (C=O) groups excluding carboxylic acids is 1. The van der Waals surface area contributed by atoms with Gasteiger partial charge in [-0.05, 0) is 31.7 Å². The number of benzene rings is 1. The number of ether oxygens (including phenoxy) is 1. The summed E-state index contributed by atoms with van der Waals surface area (Å²) in [7, 11) is 0. The fourth-order valence-electron chi connectivity index (χ4n) is 3.43. The molecule has 1 saturated heterocycles. The van der Waals surface area contributed by atoms with Crippen molar-refractivity contribution in [2.75, 3.05) is 6.61 Å². The quantitative estimate of drug-likeness (QED) is 0.683. The Balaban J connectivity index is 0.00000192. The van der Waals surface area contributed by atoms with Crippen LogP contribution in [0.1, 0.15) is 31.2 Å². The number of nitrogens with one attached hydrogen (secondary N) is 1. The molecule has 0 amide bonds. The number of rotatable bonds is 4. The molecule has 1 atom stereocenters. The van der Waals surface area contributed by atoms with Crippen LogP contribution in [0.5, 0.6) is 0 Å². The summed E-state index contributed by atoms with van der Waals surface area (Å²) in [5.41, 5.74) is 0.197. The van der Waals surface area contributed by atoms with Crippen LogP contribution >= 0.6 is 11.6 Å². The Bertz CT molecular complexity index is 580. The summed E-state index contributed by atoms with van der Waals surface area (Å²) in [6, 6.07) is 5.15. The number of carboxylic acid groups (broad SMARTS) is 1. The van der Waals surface area contributed by atoms with Crippen LogP contribution in [0.15, 0.2) is 18.2 Å². The molecule has 0 aromatic heterocycles. The van der Waals surface area contributed by atoms with Crippen LogP contribution in [-0.2, 0) is 16.1 Å². The average molecular weight is 350 g/mol. The topological polar surface area (TPSA) is 61.4 Å². The summed E-state index contributed by atoms with van der Waals surface area (Å²) in [5, 5.41) is 14.3. The maximum Gasteiger partial charge on any atom is 1.00 e. The predicted octanol–water partition coefficient (Wildman–Crippen LogP) is -1.35. The van der Waals surface area contributed by atoms with Gasteiger partial charge in [0, 0.05) is 36.6 Å². The minimum absolute atomic E-state index is 0. The Kier molecular flexibility index (Phi) is 6.50. The molecule has 1 aromatic rings. The van der Waals surface area contributed by atoms with E-state index in [1.54, 1.807) is 12.1 Å². The van der Waals surface area contributed by atoms with E-state index in [9.17, 15) is 14.3 Å². The van der Waals surface area contributed by atoms with Crippen LogP contribution in [0.4, 0.5) is 4.39 Å². The van der Waals surface area contributed by atoms with E-state index in [1.807, 2.05) is 0 Å². The van der Waals surface area contributed by atoms with Crippen molar-refractivity contribution in [3.8, 4) is 0 Å². The molecule has 0 radical (unpaired) electrons. The zero-order chi connectivity index (χ0) is 15.7. The molecule has 1 heterocycles. The average Bonchev–Trinajstić information content (AvgIpc) is 2.46. The van der Waals surface area contributed by atoms with Gasteiger partial charge in [0.1, 0.15) is 5.82 Å². The zero-order valence-electron chi connectivity index (χ0n) is 13.1. The molecule has 0 bridgehead atoms. The van der Waals surface area contributed by atoms with Gasteiger partial charge in [-0.1, -0.05) is 23.7 Å². The summed E-state index contributed by atoms with van der Waals surface area (Å²) in [5.74, 6) is -1.78. The minimum atomic E-state index is -0.995. The normalized spacial score (nSPS) is 29.7. The molecule has 1 unspecified atom stereocenters. The number of carbonyl (C=O) groups is 1. The first-order valence-corrected chi connectivity index (χ1v) is 7.88. The molecule has 2 fully saturated rings. The van der Waals surface area contributed by atoms with Gasteiger partial charge in [0.05, 0.1) is 10.6 Å². The van der Waals surface area contributed by atoms with Crippen LogP contribution in [0.3, 0.4) is 0 Å². The van der Waals surface area contributed by atoms with E-state index in [0.717, 1.165) is 12.8 Å². The van der Waals surface area contributed by atoms with Crippen molar-refractivity contribution in [1.82, 2.24) is 5.32 Å². The monoisotopic (exact) mass is 349 g/mol. The van der Waals surface area contributed by atoms with E-state index in [0.29, 0.717) is 31.6 Å². The third-order valence-electron chi connectivity index (χ3n) is 4.68. The Hall–Kier alpha value is -0.170.